The minimum Gasteiger partial charge on any atom is -0.373 e. The summed E-state index contributed by atoms with van der Waals surface area (Å²) in [5.41, 5.74) is 2.38. The smallest absolute Gasteiger partial charge is 0.130 e. The normalized spacial score (nSPS) is 14.9. The molecule has 0 saturated heterocycles. The molecule has 1 fully saturated rings. The van der Waals surface area contributed by atoms with Gasteiger partial charge in [0, 0.05) is 30.6 Å². The van der Waals surface area contributed by atoms with Crippen molar-refractivity contribution in [3.8, 4) is 0 Å². The molecular formula is C17H23N3. The van der Waals surface area contributed by atoms with E-state index in [1.54, 1.807) is 0 Å². The lowest BCUT2D eigenvalue weighted by Crippen LogP contribution is -2.26. The average molecular weight is 269 g/mol. The van der Waals surface area contributed by atoms with Crippen LogP contribution in [0.5, 0.6) is 0 Å². The molecule has 3 nitrogen and oxygen atoms in total. The van der Waals surface area contributed by atoms with E-state index in [1.165, 1.54) is 36.8 Å². The van der Waals surface area contributed by atoms with Crippen LogP contribution >= 0.6 is 0 Å². The fourth-order valence-electron chi connectivity index (χ4n) is 2.83. The molecule has 0 amide bonds. The molecule has 20 heavy (non-hydrogen) atoms. The van der Waals surface area contributed by atoms with Crippen LogP contribution in [0.1, 0.15) is 31.7 Å². The molecule has 1 aliphatic carbocycles. The Morgan fingerprint density at radius 1 is 1.30 bits per heavy atom. The Kier molecular flexibility index (Phi) is 3.88. The van der Waals surface area contributed by atoms with E-state index >= 15 is 0 Å². The average Bonchev–Trinajstić information content (AvgIpc) is 3.30. The molecule has 1 aromatic carbocycles. The van der Waals surface area contributed by atoms with Gasteiger partial charge in [-0.05, 0) is 37.9 Å². The third kappa shape index (κ3) is 2.78. The summed E-state index contributed by atoms with van der Waals surface area (Å²) in [7, 11) is 1.96. The second-order valence-electron chi connectivity index (χ2n) is 5.64. The van der Waals surface area contributed by atoms with Crippen LogP contribution in [0.2, 0.25) is 0 Å². The fourth-order valence-corrected chi connectivity index (χ4v) is 2.83. The van der Waals surface area contributed by atoms with E-state index in [2.05, 4.69) is 41.4 Å². The molecule has 1 N–H and O–H groups in total. The number of anilines is 1. The minimum atomic E-state index is 0.797. The van der Waals surface area contributed by atoms with E-state index < -0.39 is 0 Å². The highest BCUT2D eigenvalue weighted by atomic mass is 15.2. The number of fused-ring (bicyclic) bond motifs is 1. The van der Waals surface area contributed by atoms with Crippen LogP contribution in [0, 0.1) is 0 Å². The number of nitrogens with one attached hydrogen (secondary N) is 1. The lowest BCUT2D eigenvalue weighted by Gasteiger charge is -2.22. The number of aromatic nitrogens is 1. The lowest BCUT2D eigenvalue weighted by molar-refractivity contribution is 0.255. The Labute approximate surface area is 121 Å². The van der Waals surface area contributed by atoms with E-state index in [1.807, 2.05) is 13.1 Å². The second kappa shape index (κ2) is 5.80. The first-order valence-electron chi connectivity index (χ1n) is 7.62. The van der Waals surface area contributed by atoms with Gasteiger partial charge >= 0.3 is 0 Å². The highest BCUT2D eigenvalue weighted by molar-refractivity contribution is 5.81. The Morgan fingerprint density at radius 3 is 2.80 bits per heavy atom. The summed E-state index contributed by atoms with van der Waals surface area (Å²) in [5.74, 6) is 1.02. The van der Waals surface area contributed by atoms with Crippen LogP contribution in [0.4, 0.5) is 5.82 Å². The molecule has 1 aliphatic rings. The van der Waals surface area contributed by atoms with Gasteiger partial charge in [-0.3, -0.25) is 4.90 Å². The maximum Gasteiger partial charge on any atom is 0.130 e. The van der Waals surface area contributed by atoms with Gasteiger partial charge in [0.25, 0.3) is 0 Å². The molecular weight excluding hydrogens is 246 g/mol. The standard InChI is InChI=1S/C17H23N3/c1-3-10-20(15-8-9-15)12-14-11-13-6-4-5-7-16(13)19-17(14)18-2/h4-7,11,15H,3,8-10,12H2,1-2H3,(H,18,19). The molecule has 0 spiro atoms. The van der Waals surface area contributed by atoms with Crippen molar-refractivity contribution in [3.63, 3.8) is 0 Å². The zero-order valence-corrected chi connectivity index (χ0v) is 12.4. The zero-order valence-electron chi connectivity index (χ0n) is 12.4. The van der Waals surface area contributed by atoms with E-state index in [0.29, 0.717) is 0 Å². The highest BCUT2D eigenvalue weighted by Crippen LogP contribution is 2.30. The van der Waals surface area contributed by atoms with E-state index in [4.69, 9.17) is 4.98 Å². The van der Waals surface area contributed by atoms with Crippen LogP contribution in [0.25, 0.3) is 10.9 Å². The van der Waals surface area contributed by atoms with Crippen molar-refractivity contribution in [2.75, 3.05) is 18.9 Å². The molecule has 3 heteroatoms. The first-order chi connectivity index (χ1) is 9.81. The van der Waals surface area contributed by atoms with Crippen molar-refractivity contribution < 1.29 is 0 Å². The van der Waals surface area contributed by atoms with E-state index in [9.17, 15) is 0 Å². The van der Waals surface area contributed by atoms with Crippen molar-refractivity contribution in [2.24, 2.45) is 0 Å². The summed E-state index contributed by atoms with van der Waals surface area (Å²) in [6, 6.07) is 11.4. The Balaban J connectivity index is 1.92. The quantitative estimate of drug-likeness (QED) is 0.867. The molecule has 0 unspecified atom stereocenters. The Morgan fingerprint density at radius 2 is 2.10 bits per heavy atom. The second-order valence-corrected chi connectivity index (χ2v) is 5.64. The van der Waals surface area contributed by atoms with Gasteiger partial charge < -0.3 is 5.32 Å². The first kappa shape index (κ1) is 13.4. The molecule has 1 saturated carbocycles. The number of para-hydroxylation sites is 1. The molecule has 0 radical (unpaired) electrons. The molecule has 3 rings (SSSR count). The van der Waals surface area contributed by atoms with Gasteiger partial charge in [0.15, 0.2) is 0 Å². The van der Waals surface area contributed by atoms with Crippen LogP contribution < -0.4 is 5.32 Å². The summed E-state index contributed by atoms with van der Waals surface area (Å²) >= 11 is 0. The molecule has 0 bridgehead atoms. The number of nitrogens with zero attached hydrogens (tertiary/aromatic N) is 2. The molecule has 0 atom stereocenters. The van der Waals surface area contributed by atoms with Crippen molar-refractivity contribution >= 4 is 16.7 Å². The Bertz CT molecular complexity index is 590. The van der Waals surface area contributed by atoms with Crippen molar-refractivity contribution in [1.82, 2.24) is 9.88 Å². The molecule has 1 aromatic heterocycles. The van der Waals surface area contributed by atoms with Gasteiger partial charge in [0.2, 0.25) is 0 Å². The molecule has 1 heterocycles. The lowest BCUT2D eigenvalue weighted by atomic mass is 10.1. The van der Waals surface area contributed by atoms with E-state index in [0.717, 1.165) is 23.9 Å². The summed E-state index contributed by atoms with van der Waals surface area (Å²) in [5, 5.41) is 4.49. The summed E-state index contributed by atoms with van der Waals surface area (Å²) in [4.78, 5) is 7.35. The number of hydrogen-bond acceptors (Lipinski definition) is 3. The van der Waals surface area contributed by atoms with Gasteiger partial charge in [-0.25, -0.2) is 4.98 Å². The van der Waals surface area contributed by atoms with Crippen LogP contribution in [0.15, 0.2) is 30.3 Å². The third-order valence-corrected chi connectivity index (χ3v) is 3.99. The number of pyridine rings is 1. The zero-order chi connectivity index (χ0) is 13.9. The predicted molar refractivity (Wildman–Crippen MR) is 85.0 cm³/mol. The van der Waals surface area contributed by atoms with Gasteiger partial charge in [0.05, 0.1) is 5.52 Å². The molecule has 2 aromatic rings. The van der Waals surface area contributed by atoms with Gasteiger partial charge in [-0.15, -0.1) is 0 Å². The molecule has 106 valence electrons. The highest BCUT2D eigenvalue weighted by Gasteiger charge is 2.28. The third-order valence-electron chi connectivity index (χ3n) is 3.99. The van der Waals surface area contributed by atoms with Crippen LogP contribution in [-0.2, 0) is 6.54 Å². The maximum absolute atomic E-state index is 4.75. The topological polar surface area (TPSA) is 28.2 Å². The van der Waals surface area contributed by atoms with Crippen molar-refractivity contribution in [2.45, 2.75) is 38.8 Å². The van der Waals surface area contributed by atoms with Gasteiger partial charge in [0.1, 0.15) is 5.82 Å². The number of rotatable bonds is 6. The Hall–Kier alpha value is -1.61. The van der Waals surface area contributed by atoms with Crippen molar-refractivity contribution in [1.29, 1.82) is 0 Å². The van der Waals surface area contributed by atoms with Gasteiger partial charge in [-0.2, -0.15) is 0 Å². The summed E-state index contributed by atoms with van der Waals surface area (Å²) in [6.45, 7) is 4.44. The van der Waals surface area contributed by atoms with Crippen molar-refractivity contribution in [3.05, 3.63) is 35.9 Å². The summed E-state index contributed by atoms with van der Waals surface area (Å²) in [6.07, 6.45) is 3.93. The predicted octanol–water partition coefficient (Wildman–Crippen LogP) is 3.65. The number of benzene rings is 1. The maximum atomic E-state index is 4.75. The largest absolute Gasteiger partial charge is 0.373 e. The fraction of sp³-hybridized carbons (Fsp3) is 0.471. The SMILES string of the molecule is CCCN(Cc1cc2ccccc2nc1NC)C1CC1. The van der Waals surface area contributed by atoms with Gasteiger partial charge in [-0.1, -0.05) is 25.1 Å². The van der Waals surface area contributed by atoms with E-state index in [-0.39, 0.29) is 0 Å². The monoisotopic (exact) mass is 269 g/mol. The van der Waals surface area contributed by atoms with Crippen LogP contribution in [0.3, 0.4) is 0 Å². The molecule has 0 aliphatic heterocycles. The number of hydrogen-bond donors (Lipinski definition) is 1. The minimum absolute atomic E-state index is 0.797. The summed E-state index contributed by atoms with van der Waals surface area (Å²) < 4.78 is 0. The van der Waals surface area contributed by atoms with Crippen LogP contribution in [-0.4, -0.2) is 29.5 Å². The first-order valence-corrected chi connectivity index (χ1v) is 7.62.